The van der Waals surface area contributed by atoms with E-state index in [9.17, 15) is 9.18 Å². The highest BCUT2D eigenvalue weighted by Gasteiger charge is 2.46. The van der Waals surface area contributed by atoms with Crippen molar-refractivity contribution in [2.45, 2.75) is 43.7 Å². The molecular weight excluding hydrogens is 307 g/mol. The molecule has 0 N–H and O–H groups in total. The Hall–Kier alpha value is -1.46. The highest BCUT2D eigenvalue weighted by Crippen LogP contribution is 2.40. The first-order valence-corrected chi connectivity index (χ1v) is 8.79. The van der Waals surface area contributed by atoms with Gasteiger partial charge >= 0.3 is 0 Å². The van der Waals surface area contributed by atoms with E-state index < -0.39 is 0 Å². The van der Waals surface area contributed by atoms with Crippen LogP contribution in [0.3, 0.4) is 0 Å². The molecule has 1 amide bonds. The average Bonchev–Trinajstić information content (AvgIpc) is 2.88. The Morgan fingerprint density at radius 3 is 2.67 bits per heavy atom. The molecule has 0 aromatic heterocycles. The number of amides is 1. The highest BCUT2D eigenvalue weighted by molar-refractivity contribution is 5.79. The smallest absolute Gasteiger partial charge is 0.227 e. The molecule has 4 nitrogen and oxygen atoms in total. The number of carbonyl (C=O) groups is 1. The third kappa shape index (κ3) is 3.33. The molecule has 1 aromatic carbocycles. The van der Waals surface area contributed by atoms with Gasteiger partial charge in [0.05, 0.1) is 13.0 Å². The van der Waals surface area contributed by atoms with Gasteiger partial charge in [0.15, 0.2) is 0 Å². The summed E-state index contributed by atoms with van der Waals surface area (Å²) in [6.07, 6.45) is 4.47. The molecule has 1 spiro atoms. The Morgan fingerprint density at radius 2 is 2.00 bits per heavy atom. The van der Waals surface area contributed by atoms with Crippen LogP contribution in [0.15, 0.2) is 24.3 Å². The van der Waals surface area contributed by atoms with E-state index >= 15 is 0 Å². The van der Waals surface area contributed by atoms with E-state index in [1.165, 1.54) is 12.5 Å². The molecule has 1 aromatic rings. The van der Waals surface area contributed by atoms with Gasteiger partial charge < -0.3 is 9.64 Å². The molecule has 0 bridgehead atoms. The van der Waals surface area contributed by atoms with Gasteiger partial charge in [-0.3, -0.25) is 9.69 Å². The lowest BCUT2D eigenvalue weighted by Crippen LogP contribution is -2.54. The van der Waals surface area contributed by atoms with Crippen molar-refractivity contribution in [1.29, 1.82) is 0 Å². The van der Waals surface area contributed by atoms with Gasteiger partial charge in [0, 0.05) is 31.8 Å². The summed E-state index contributed by atoms with van der Waals surface area (Å²) < 4.78 is 19.1. The predicted molar refractivity (Wildman–Crippen MR) is 91.3 cm³/mol. The summed E-state index contributed by atoms with van der Waals surface area (Å²) >= 11 is 0. The summed E-state index contributed by atoms with van der Waals surface area (Å²) in [6.45, 7) is 2.29. The number of likely N-dealkylation sites (tertiary alicyclic amines) is 2. The highest BCUT2D eigenvalue weighted by atomic mass is 19.1. The zero-order chi connectivity index (χ0) is 17.2. The van der Waals surface area contributed by atoms with Crippen molar-refractivity contribution >= 4 is 5.91 Å². The van der Waals surface area contributed by atoms with Crippen LogP contribution < -0.4 is 0 Å². The number of ether oxygens (including phenoxy) is 1. The number of nitrogens with zero attached hydrogens (tertiary/aromatic N) is 2. The van der Waals surface area contributed by atoms with Crippen molar-refractivity contribution in [2.24, 2.45) is 0 Å². The van der Waals surface area contributed by atoms with E-state index in [0.717, 1.165) is 39.0 Å². The maximum atomic E-state index is 13.7. The number of benzene rings is 1. The molecule has 1 unspecified atom stereocenters. The largest absolute Gasteiger partial charge is 0.383 e. The first-order valence-electron chi connectivity index (χ1n) is 8.79. The van der Waals surface area contributed by atoms with Crippen LogP contribution in [-0.2, 0) is 16.0 Å². The Bertz CT molecular complexity index is 584. The zero-order valence-corrected chi connectivity index (χ0v) is 14.6. The quantitative estimate of drug-likeness (QED) is 0.848. The number of hydrogen-bond acceptors (Lipinski definition) is 3. The van der Waals surface area contributed by atoms with Gasteiger partial charge in [-0.05, 0) is 44.4 Å². The maximum Gasteiger partial charge on any atom is 0.227 e. The van der Waals surface area contributed by atoms with Crippen LogP contribution >= 0.6 is 0 Å². The van der Waals surface area contributed by atoms with Crippen LogP contribution in [0.25, 0.3) is 0 Å². The lowest BCUT2D eigenvalue weighted by atomic mass is 9.85. The number of methoxy groups -OCH3 is 1. The van der Waals surface area contributed by atoms with E-state index in [1.807, 2.05) is 4.90 Å². The van der Waals surface area contributed by atoms with Crippen molar-refractivity contribution in [2.75, 3.05) is 33.9 Å². The molecule has 3 rings (SSSR count). The minimum absolute atomic E-state index is 0.0315. The number of halogens is 1. The SMILES string of the molecule is COCC1CCC2(CCN(C(=O)Cc3ccccc3F)CC2)N1C. The van der Waals surface area contributed by atoms with Crippen molar-refractivity contribution in [1.82, 2.24) is 9.80 Å². The van der Waals surface area contributed by atoms with Crippen LogP contribution in [0.5, 0.6) is 0 Å². The lowest BCUT2D eigenvalue weighted by Gasteiger charge is -2.45. The minimum Gasteiger partial charge on any atom is -0.383 e. The van der Waals surface area contributed by atoms with Crippen LogP contribution in [0, 0.1) is 5.82 Å². The number of likely N-dealkylation sites (N-methyl/N-ethyl adjacent to an activating group) is 1. The monoisotopic (exact) mass is 334 g/mol. The van der Waals surface area contributed by atoms with Gasteiger partial charge in [-0.2, -0.15) is 0 Å². The molecule has 2 heterocycles. The molecule has 1 atom stereocenters. The van der Waals surface area contributed by atoms with Gasteiger partial charge in [-0.1, -0.05) is 18.2 Å². The second kappa shape index (κ2) is 7.19. The zero-order valence-electron chi connectivity index (χ0n) is 14.6. The molecule has 0 aliphatic carbocycles. The summed E-state index contributed by atoms with van der Waals surface area (Å²) in [5.74, 6) is -0.263. The van der Waals surface area contributed by atoms with Crippen LogP contribution in [-0.4, -0.2) is 61.1 Å². The number of hydrogen-bond donors (Lipinski definition) is 0. The predicted octanol–water partition coefficient (Wildman–Crippen LogP) is 2.47. The van der Waals surface area contributed by atoms with Gasteiger partial charge in [-0.25, -0.2) is 4.39 Å². The van der Waals surface area contributed by atoms with Crippen LogP contribution in [0.1, 0.15) is 31.2 Å². The van der Waals surface area contributed by atoms with Gasteiger partial charge in [0.1, 0.15) is 5.82 Å². The Morgan fingerprint density at radius 1 is 1.29 bits per heavy atom. The Balaban J connectivity index is 1.57. The van der Waals surface area contributed by atoms with Crippen molar-refractivity contribution in [3.63, 3.8) is 0 Å². The Labute approximate surface area is 143 Å². The van der Waals surface area contributed by atoms with E-state index in [1.54, 1.807) is 25.3 Å². The minimum atomic E-state index is -0.294. The molecule has 2 saturated heterocycles. The third-order valence-electron chi connectivity index (χ3n) is 5.94. The fourth-order valence-corrected chi connectivity index (χ4v) is 4.27. The van der Waals surface area contributed by atoms with E-state index in [4.69, 9.17) is 4.74 Å². The molecule has 132 valence electrons. The van der Waals surface area contributed by atoms with Crippen molar-refractivity contribution in [3.8, 4) is 0 Å². The van der Waals surface area contributed by atoms with Gasteiger partial charge in [-0.15, -0.1) is 0 Å². The van der Waals surface area contributed by atoms with Crippen molar-refractivity contribution in [3.05, 3.63) is 35.6 Å². The second-order valence-electron chi connectivity index (χ2n) is 7.13. The molecule has 0 radical (unpaired) electrons. The number of rotatable bonds is 4. The number of carbonyl (C=O) groups excluding carboxylic acids is 1. The summed E-state index contributed by atoms with van der Waals surface area (Å²) in [7, 11) is 3.94. The van der Waals surface area contributed by atoms with E-state index in [2.05, 4.69) is 11.9 Å². The molecule has 2 aliphatic rings. The maximum absolute atomic E-state index is 13.7. The first kappa shape index (κ1) is 17.4. The van der Waals surface area contributed by atoms with Crippen LogP contribution in [0.2, 0.25) is 0 Å². The average molecular weight is 334 g/mol. The standard InChI is InChI=1S/C19H27FN2O2/c1-21-16(14-24-2)7-8-19(21)9-11-22(12-10-19)18(23)13-15-5-3-4-6-17(15)20/h3-6,16H,7-14H2,1-2H3. The summed E-state index contributed by atoms with van der Waals surface area (Å²) in [4.78, 5) is 16.9. The van der Waals surface area contributed by atoms with E-state index in [0.29, 0.717) is 11.6 Å². The van der Waals surface area contributed by atoms with Gasteiger partial charge in [0.2, 0.25) is 5.91 Å². The van der Waals surface area contributed by atoms with Crippen molar-refractivity contribution < 1.29 is 13.9 Å². The second-order valence-corrected chi connectivity index (χ2v) is 7.13. The van der Waals surface area contributed by atoms with Gasteiger partial charge in [0.25, 0.3) is 0 Å². The summed E-state index contributed by atoms with van der Waals surface area (Å²) in [6, 6.07) is 7.02. The number of piperidine rings is 1. The molecule has 5 heteroatoms. The third-order valence-corrected chi connectivity index (χ3v) is 5.94. The molecule has 2 aliphatic heterocycles. The summed E-state index contributed by atoms with van der Waals surface area (Å²) in [5.41, 5.74) is 0.693. The Kier molecular flexibility index (Phi) is 5.21. The topological polar surface area (TPSA) is 32.8 Å². The fraction of sp³-hybridized carbons (Fsp3) is 0.632. The molecule has 24 heavy (non-hydrogen) atoms. The molecule has 0 saturated carbocycles. The summed E-state index contributed by atoms with van der Waals surface area (Å²) in [5, 5.41) is 0. The first-order chi connectivity index (χ1) is 11.6. The lowest BCUT2D eigenvalue weighted by molar-refractivity contribution is -0.133. The molecule has 2 fully saturated rings. The fourth-order valence-electron chi connectivity index (χ4n) is 4.27. The van der Waals surface area contributed by atoms with Crippen LogP contribution in [0.4, 0.5) is 4.39 Å². The van der Waals surface area contributed by atoms with E-state index in [-0.39, 0.29) is 23.7 Å². The molecular formula is C19H27FN2O2. The normalized spacial score (nSPS) is 23.8.